The van der Waals surface area contributed by atoms with Gasteiger partial charge in [-0.2, -0.15) is 0 Å². The van der Waals surface area contributed by atoms with Gasteiger partial charge in [0.05, 0.1) is 27.4 Å². The maximum absolute atomic E-state index is 14.4. The minimum absolute atomic E-state index is 0.0318. The number of esters is 1. The van der Waals surface area contributed by atoms with Crippen LogP contribution < -0.4 is 10.1 Å². The number of methoxy groups -OCH3 is 2. The van der Waals surface area contributed by atoms with Gasteiger partial charge in [-0.05, 0) is 76.6 Å². The molecule has 2 aromatic rings. The first-order valence-electron chi connectivity index (χ1n) is 15.8. The first kappa shape index (κ1) is 34.8. The van der Waals surface area contributed by atoms with Gasteiger partial charge in [-0.1, -0.05) is 46.8 Å². The summed E-state index contributed by atoms with van der Waals surface area (Å²) in [6.45, 7) is 9.83. The Balaban J connectivity index is 1.91. The summed E-state index contributed by atoms with van der Waals surface area (Å²) in [4.78, 5) is 56.6. The Hall–Kier alpha value is -4.02. The van der Waals surface area contributed by atoms with E-state index in [0.29, 0.717) is 12.0 Å². The highest BCUT2D eigenvalue weighted by Crippen LogP contribution is 2.43. The smallest absolute Gasteiger partial charge is 0.410 e. The number of aryl methyl sites for hydroxylation is 1. The average Bonchev–Trinajstić information content (AvgIpc) is 3.37. The average molecular weight is 640 g/mol. The Labute approximate surface area is 271 Å². The molecule has 2 aliphatic heterocycles. The fraction of sp³-hybridized carbons (Fsp3) is 0.600. The fourth-order valence-corrected chi connectivity index (χ4v) is 6.32. The molecule has 3 atom stereocenters. The molecule has 5 bridgehead atoms. The zero-order chi connectivity index (χ0) is 34.0. The van der Waals surface area contributed by atoms with Crippen LogP contribution in [0.5, 0.6) is 5.75 Å². The van der Waals surface area contributed by atoms with Gasteiger partial charge in [-0.3, -0.25) is 4.79 Å². The molecule has 0 aromatic heterocycles. The maximum Gasteiger partial charge on any atom is 0.410 e. The van der Waals surface area contributed by atoms with Crippen molar-refractivity contribution < 1.29 is 38.1 Å². The van der Waals surface area contributed by atoms with Crippen molar-refractivity contribution in [3.8, 4) is 5.75 Å². The predicted molar refractivity (Wildman–Crippen MR) is 174 cm³/mol. The Morgan fingerprint density at radius 1 is 1.04 bits per heavy atom. The lowest BCUT2D eigenvalue weighted by molar-refractivity contribution is -0.152. The number of nitrogens with zero attached hydrogens (tertiary/aromatic N) is 2. The van der Waals surface area contributed by atoms with Gasteiger partial charge in [-0.25, -0.2) is 14.4 Å². The van der Waals surface area contributed by atoms with Gasteiger partial charge < -0.3 is 34.1 Å². The number of fused-ring (bicyclic) bond motifs is 5. The molecule has 4 rings (SSSR count). The van der Waals surface area contributed by atoms with Crippen LogP contribution in [0, 0.1) is 10.8 Å². The molecular weight excluding hydrogens is 590 g/mol. The predicted octanol–water partition coefficient (Wildman–Crippen LogP) is 5.41. The van der Waals surface area contributed by atoms with Gasteiger partial charge in [0.2, 0.25) is 5.91 Å². The minimum atomic E-state index is -1.39. The van der Waals surface area contributed by atoms with Crippen molar-refractivity contribution >= 4 is 34.8 Å². The normalized spacial score (nSPS) is 24.0. The van der Waals surface area contributed by atoms with Crippen molar-refractivity contribution in [2.75, 3.05) is 41.5 Å². The maximum atomic E-state index is 14.4. The first-order chi connectivity index (χ1) is 21.5. The van der Waals surface area contributed by atoms with E-state index >= 15 is 0 Å². The molecule has 2 aromatic carbocycles. The molecule has 1 N–H and O–H groups in total. The van der Waals surface area contributed by atoms with Gasteiger partial charge in [0.25, 0.3) is 0 Å². The monoisotopic (exact) mass is 639 g/mol. The number of alkyl carbamates (subject to hydrolysis) is 1. The molecule has 46 heavy (non-hydrogen) atoms. The Morgan fingerprint density at radius 3 is 2.39 bits per heavy atom. The lowest BCUT2D eigenvalue weighted by Gasteiger charge is -2.35. The molecule has 0 spiro atoms. The quantitative estimate of drug-likeness (QED) is 0.350. The van der Waals surface area contributed by atoms with Gasteiger partial charge in [-0.15, -0.1) is 0 Å². The van der Waals surface area contributed by atoms with E-state index in [4.69, 9.17) is 18.9 Å². The second-order valence-electron chi connectivity index (χ2n) is 14.5. The highest BCUT2D eigenvalue weighted by Gasteiger charge is 2.55. The van der Waals surface area contributed by atoms with E-state index in [-0.39, 0.29) is 25.0 Å². The molecule has 3 amide bonds. The van der Waals surface area contributed by atoms with Gasteiger partial charge >= 0.3 is 18.2 Å². The molecule has 2 heterocycles. The Bertz CT molecular complexity index is 1480. The number of hydrogen-bond donors (Lipinski definition) is 1. The third kappa shape index (κ3) is 7.50. The number of carbonyl (C=O) groups excluding carboxylic acids is 4. The van der Waals surface area contributed by atoms with Crippen LogP contribution in [0.4, 0.5) is 9.59 Å². The lowest BCUT2D eigenvalue weighted by Crippen LogP contribution is -2.57. The van der Waals surface area contributed by atoms with Crippen LogP contribution in [0.1, 0.15) is 71.4 Å². The van der Waals surface area contributed by atoms with Crippen molar-refractivity contribution in [3.63, 3.8) is 0 Å². The van der Waals surface area contributed by atoms with Gasteiger partial charge in [0.1, 0.15) is 17.8 Å². The van der Waals surface area contributed by atoms with E-state index in [1.54, 1.807) is 21.2 Å². The molecule has 11 nitrogen and oxygen atoms in total. The zero-order valence-electron chi connectivity index (χ0n) is 28.7. The number of carbonyl (C=O) groups is 4. The highest BCUT2D eigenvalue weighted by atomic mass is 16.6. The molecule has 0 unspecified atom stereocenters. The standard InChI is InChI=1S/C35H49N3O8/c1-33(2,3)28-29(39)38-21-35(46-32(42)37(6)7,20-26(38)30(40)44-9)25-13-12-22-19-27(43-8)23(17-24(22)18-25)11-10-14-34(4,5)15-16-45-31(41)36-28/h12-13,17-19,26,28H,10-11,14-16,20-21H2,1-9H3,(H,36,41)/t26-,28+,35-/m0/s1. The molecular formula is C35H49N3O8. The number of cyclic esters (lactones) is 1. The number of hydrogen-bond acceptors (Lipinski definition) is 8. The fourth-order valence-electron chi connectivity index (χ4n) is 6.32. The summed E-state index contributed by atoms with van der Waals surface area (Å²) in [5.74, 6) is -0.369. The number of nitrogens with one attached hydrogen (secondary N) is 1. The summed E-state index contributed by atoms with van der Waals surface area (Å²) in [6, 6.07) is 7.71. The topological polar surface area (TPSA) is 124 Å². The number of rotatable bonds is 3. The van der Waals surface area contributed by atoms with Gasteiger partial charge in [0, 0.05) is 20.5 Å². The number of benzene rings is 2. The first-order valence-corrected chi connectivity index (χ1v) is 15.8. The van der Waals surface area contributed by atoms with Crippen molar-refractivity contribution in [1.29, 1.82) is 0 Å². The summed E-state index contributed by atoms with van der Waals surface area (Å²) in [5.41, 5.74) is -0.562. The summed E-state index contributed by atoms with van der Waals surface area (Å²) in [6.07, 6.45) is 1.83. The second-order valence-corrected chi connectivity index (χ2v) is 14.5. The number of amides is 3. The molecule has 1 saturated heterocycles. The zero-order valence-corrected chi connectivity index (χ0v) is 28.7. The Kier molecular flexibility index (Phi) is 10.1. The third-order valence-electron chi connectivity index (χ3n) is 9.18. The molecule has 0 radical (unpaired) electrons. The van der Waals surface area contributed by atoms with Crippen LogP contribution in [-0.2, 0) is 35.8 Å². The molecule has 2 aliphatic rings. The van der Waals surface area contributed by atoms with Crippen molar-refractivity contribution in [3.05, 3.63) is 41.5 Å². The van der Waals surface area contributed by atoms with Crippen LogP contribution >= 0.6 is 0 Å². The SMILES string of the molecule is COC(=O)[C@@H]1C[C@]2(OC(=O)N(C)C)CN1C(=O)[C@H](C(C)(C)C)NC(=O)OCCC(C)(C)CCCc1cc3cc2ccc3cc1OC. The van der Waals surface area contributed by atoms with E-state index in [9.17, 15) is 19.2 Å². The van der Waals surface area contributed by atoms with Crippen LogP contribution in [-0.4, -0.2) is 87.4 Å². The second kappa shape index (κ2) is 13.4. The third-order valence-corrected chi connectivity index (χ3v) is 9.18. The summed E-state index contributed by atoms with van der Waals surface area (Å²) < 4.78 is 22.7. The largest absolute Gasteiger partial charge is 0.496 e. The van der Waals surface area contributed by atoms with E-state index in [1.807, 2.05) is 45.0 Å². The summed E-state index contributed by atoms with van der Waals surface area (Å²) in [5, 5.41) is 4.62. The Morgan fingerprint density at radius 2 is 1.76 bits per heavy atom. The van der Waals surface area contributed by atoms with E-state index < -0.39 is 47.2 Å². The van der Waals surface area contributed by atoms with Crippen LogP contribution in [0.25, 0.3) is 10.8 Å². The molecule has 0 saturated carbocycles. The van der Waals surface area contributed by atoms with Crippen molar-refractivity contribution in [2.24, 2.45) is 10.8 Å². The number of ether oxygens (including phenoxy) is 4. The summed E-state index contributed by atoms with van der Waals surface area (Å²) >= 11 is 0. The van der Waals surface area contributed by atoms with Crippen LogP contribution in [0.2, 0.25) is 0 Å². The molecule has 11 heteroatoms. The molecule has 0 aliphatic carbocycles. The lowest BCUT2D eigenvalue weighted by atomic mass is 9.83. The highest BCUT2D eigenvalue weighted by molar-refractivity contribution is 5.92. The van der Waals surface area contributed by atoms with Gasteiger partial charge in [0.15, 0.2) is 5.60 Å². The van der Waals surface area contributed by atoms with E-state index in [1.165, 1.54) is 16.9 Å². The van der Waals surface area contributed by atoms with E-state index in [2.05, 4.69) is 25.2 Å². The molecule has 1 fully saturated rings. The van der Waals surface area contributed by atoms with Crippen LogP contribution in [0.3, 0.4) is 0 Å². The van der Waals surface area contributed by atoms with E-state index in [0.717, 1.165) is 41.3 Å². The van der Waals surface area contributed by atoms with Crippen molar-refractivity contribution in [1.82, 2.24) is 15.1 Å². The minimum Gasteiger partial charge on any atom is -0.496 e. The van der Waals surface area contributed by atoms with Crippen molar-refractivity contribution in [2.45, 2.75) is 84.4 Å². The van der Waals surface area contributed by atoms with Crippen LogP contribution in [0.15, 0.2) is 30.3 Å². The molecule has 252 valence electrons. The summed E-state index contributed by atoms with van der Waals surface area (Å²) in [7, 11) is 6.06.